The Morgan fingerprint density at radius 1 is 1.67 bits per heavy atom. The molecule has 3 heteroatoms. The normalized spacial score (nSPS) is 30.7. The summed E-state index contributed by atoms with van der Waals surface area (Å²) in [6.07, 6.45) is 1.97. The topological polar surface area (TPSA) is 23.5 Å². The van der Waals surface area contributed by atoms with Gasteiger partial charge in [0.05, 0.1) is 6.10 Å². The minimum absolute atomic E-state index is 0.106. The van der Waals surface area contributed by atoms with Crippen LogP contribution in [0, 0.1) is 0 Å². The van der Waals surface area contributed by atoms with Gasteiger partial charge in [0.15, 0.2) is 0 Å². The van der Waals surface area contributed by atoms with E-state index in [0.717, 1.165) is 31.8 Å². The Balaban J connectivity index is 2.23. The third kappa shape index (κ3) is 2.16. The van der Waals surface area contributed by atoms with Crippen LogP contribution < -0.4 is 0 Å². The maximum absolute atomic E-state index is 9.14. The van der Waals surface area contributed by atoms with Gasteiger partial charge in [0.2, 0.25) is 0 Å². The molecule has 0 spiro atoms. The van der Waals surface area contributed by atoms with E-state index in [4.69, 9.17) is 5.11 Å². The van der Waals surface area contributed by atoms with Crippen molar-refractivity contribution in [3.05, 3.63) is 0 Å². The molecular formula is C6H13NOS. The van der Waals surface area contributed by atoms with Crippen LogP contribution in [0.5, 0.6) is 0 Å². The van der Waals surface area contributed by atoms with Gasteiger partial charge in [0.25, 0.3) is 0 Å². The van der Waals surface area contributed by atoms with Gasteiger partial charge in [0, 0.05) is 12.4 Å². The van der Waals surface area contributed by atoms with Crippen molar-refractivity contribution in [2.75, 3.05) is 19.0 Å². The van der Waals surface area contributed by atoms with Gasteiger partial charge >= 0.3 is 0 Å². The molecule has 0 aliphatic carbocycles. The molecule has 1 rings (SSSR count). The standard InChI is InChI=1S/C6H13NOS/c8-6-2-1-3-7(4-6)5-9/h6,8-9H,1-5H2. The van der Waals surface area contributed by atoms with Crippen molar-refractivity contribution in [2.45, 2.75) is 18.9 Å². The van der Waals surface area contributed by atoms with Crippen LogP contribution in [0.1, 0.15) is 12.8 Å². The lowest BCUT2D eigenvalue weighted by Crippen LogP contribution is -2.37. The Morgan fingerprint density at radius 2 is 2.44 bits per heavy atom. The summed E-state index contributed by atoms with van der Waals surface area (Å²) < 4.78 is 0. The number of thiol groups is 1. The Kier molecular flexibility index (Phi) is 2.82. The van der Waals surface area contributed by atoms with Crippen LogP contribution >= 0.6 is 12.6 Å². The summed E-state index contributed by atoms with van der Waals surface area (Å²) in [5.41, 5.74) is 0. The average molecular weight is 147 g/mol. The van der Waals surface area contributed by atoms with Gasteiger partial charge in [-0.15, -0.1) is 0 Å². The predicted molar refractivity (Wildman–Crippen MR) is 40.7 cm³/mol. The number of hydrogen-bond donors (Lipinski definition) is 2. The van der Waals surface area contributed by atoms with Crippen LogP contribution in [0.4, 0.5) is 0 Å². The predicted octanol–water partition coefficient (Wildman–Crippen LogP) is 0.330. The second kappa shape index (κ2) is 3.44. The molecule has 1 aliphatic heterocycles. The molecule has 1 atom stereocenters. The first-order valence-electron chi connectivity index (χ1n) is 3.34. The fourth-order valence-corrected chi connectivity index (χ4v) is 1.42. The van der Waals surface area contributed by atoms with Gasteiger partial charge < -0.3 is 5.11 Å². The van der Waals surface area contributed by atoms with Crippen LogP contribution in [-0.2, 0) is 0 Å². The molecular weight excluding hydrogens is 134 g/mol. The molecule has 1 heterocycles. The smallest absolute Gasteiger partial charge is 0.0667 e. The SMILES string of the molecule is OC1CCCN(CS)C1. The van der Waals surface area contributed by atoms with Crippen LogP contribution in [0.2, 0.25) is 0 Å². The van der Waals surface area contributed by atoms with E-state index in [9.17, 15) is 0 Å². The van der Waals surface area contributed by atoms with Gasteiger partial charge in [-0.2, -0.15) is 12.6 Å². The maximum Gasteiger partial charge on any atom is 0.0667 e. The number of rotatable bonds is 1. The second-order valence-electron chi connectivity index (χ2n) is 2.51. The molecule has 0 saturated carbocycles. The largest absolute Gasteiger partial charge is 0.392 e. The minimum atomic E-state index is -0.106. The summed E-state index contributed by atoms with van der Waals surface area (Å²) >= 11 is 4.12. The van der Waals surface area contributed by atoms with Gasteiger partial charge in [-0.25, -0.2) is 0 Å². The third-order valence-corrected chi connectivity index (χ3v) is 2.08. The van der Waals surface area contributed by atoms with Gasteiger partial charge in [-0.1, -0.05) is 0 Å². The molecule has 1 N–H and O–H groups in total. The van der Waals surface area contributed by atoms with Crippen LogP contribution in [0.3, 0.4) is 0 Å². The number of aliphatic hydroxyl groups is 1. The fraction of sp³-hybridized carbons (Fsp3) is 1.00. The van der Waals surface area contributed by atoms with E-state index in [1.54, 1.807) is 0 Å². The second-order valence-corrected chi connectivity index (χ2v) is 2.80. The molecule has 1 unspecified atom stereocenters. The molecule has 9 heavy (non-hydrogen) atoms. The lowest BCUT2D eigenvalue weighted by Gasteiger charge is -2.27. The molecule has 0 aromatic carbocycles. The molecule has 0 amide bonds. The summed E-state index contributed by atoms with van der Waals surface area (Å²) in [5.74, 6) is 0.775. The molecule has 54 valence electrons. The van der Waals surface area contributed by atoms with E-state index in [1.807, 2.05) is 0 Å². The molecule has 1 saturated heterocycles. The van der Waals surface area contributed by atoms with E-state index in [0.29, 0.717) is 0 Å². The van der Waals surface area contributed by atoms with Crippen molar-refractivity contribution in [3.63, 3.8) is 0 Å². The minimum Gasteiger partial charge on any atom is -0.392 e. The Hall–Kier alpha value is 0.270. The fourth-order valence-electron chi connectivity index (χ4n) is 1.16. The first-order chi connectivity index (χ1) is 4.33. The first-order valence-corrected chi connectivity index (χ1v) is 3.97. The maximum atomic E-state index is 9.14. The van der Waals surface area contributed by atoms with Crippen molar-refractivity contribution in [1.29, 1.82) is 0 Å². The average Bonchev–Trinajstić information content (AvgIpc) is 1.88. The zero-order chi connectivity index (χ0) is 6.69. The molecule has 2 nitrogen and oxygen atoms in total. The Bertz CT molecular complexity index is 89.1. The summed E-state index contributed by atoms with van der Waals surface area (Å²) in [4.78, 5) is 2.15. The quantitative estimate of drug-likeness (QED) is 0.522. The summed E-state index contributed by atoms with van der Waals surface area (Å²) in [6, 6.07) is 0. The van der Waals surface area contributed by atoms with Gasteiger partial charge in [-0.05, 0) is 19.4 Å². The number of nitrogens with zero attached hydrogens (tertiary/aromatic N) is 1. The molecule has 0 bridgehead atoms. The van der Waals surface area contributed by atoms with E-state index in [-0.39, 0.29) is 6.10 Å². The molecule has 0 radical (unpaired) electrons. The number of β-amino-alcohol motifs (C(OH)–C–C–N with tert-alkyl or cyclic N) is 1. The number of hydrogen-bond acceptors (Lipinski definition) is 3. The van der Waals surface area contributed by atoms with Crippen molar-refractivity contribution < 1.29 is 5.11 Å². The summed E-state index contributed by atoms with van der Waals surface area (Å²) in [6.45, 7) is 1.91. The highest BCUT2D eigenvalue weighted by atomic mass is 32.1. The molecule has 1 fully saturated rings. The Morgan fingerprint density at radius 3 is 2.89 bits per heavy atom. The molecule has 0 aromatic rings. The Labute approximate surface area is 61.3 Å². The van der Waals surface area contributed by atoms with Gasteiger partial charge in [0.1, 0.15) is 0 Å². The monoisotopic (exact) mass is 147 g/mol. The number of piperidine rings is 1. The van der Waals surface area contributed by atoms with Crippen LogP contribution in [-0.4, -0.2) is 35.1 Å². The van der Waals surface area contributed by atoms with E-state index in [1.165, 1.54) is 0 Å². The van der Waals surface area contributed by atoms with Crippen molar-refractivity contribution in [1.82, 2.24) is 4.90 Å². The zero-order valence-corrected chi connectivity index (χ0v) is 6.35. The van der Waals surface area contributed by atoms with E-state index in [2.05, 4.69) is 17.5 Å². The van der Waals surface area contributed by atoms with Crippen LogP contribution in [0.15, 0.2) is 0 Å². The zero-order valence-electron chi connectivity index (χ0n) is 5.45. The highest BCUT2D eigenvalue weighted by molar-refractivity contribution is 7.80. The van der Waals surface area contributed by atoms with Crippen molar-refractivity contribution in [3.8, 4) is 0 Å². The van der Waals surface area contributed by atoms with Crippen molar-refractivity contribution in [2.24, 2.45) is 0 Å². The third-order valence-electron chi connectivity index (χ3n) is 1.68. The summed E-state index contributed by atoms with van der Waals surface area (Å²) in [5, 5.41) is 9.14. The van der Waals surface area contributed by atoms with Crippen LogP contribution in [0.25, 0.3) is 0 Å². The number of aliphatic hydroxyl groups excluding tert-OH is 1. The van der Waals surface area contributed by atoms with Gasteiger partial charge in [-0.3, -0.25) is 4.90 Å². The highest BCUT2D eigenvalue weighted by Crippen LogP contribution is 2.09. The van der Waals surface area contributed by atoms with Crippen molar-refractivity contribution >= 4 is 12.6 Å². The lowest BCUT2D eigenvalue weighted by atomic mass is 10.1. The number of likely N-dealkylation sites (tertiary alicyclic amines) is 1. The van der Waals surface area contributed by atoms with E-state index >= 15 is 0 Å². The molecule has 1 aliphatic rings. The summed E-state index contributed by atoms with van der Waals surface area (Å²) in [7, 11) is 0. The van der Waals surface area contributed by atoms with E-state index < -0.39 is 0 Å². The first kappa shape index (κ1) is 7.38. The highest BCUT2D eigenvalue weighted by Gasteiger charge is 2.15. The lowest BCUT2D eigenvalue weighted by molar-refractivity contribution is 0.0816. The molecule has 0 aromatic heterocycles.